The summed E-state index contributed by atoms with van der Waals surface area (Å²) in [7, 11) is -2.65. The van der Waals surface area contributed by atoms with Crippen LogP contribution in [0.15, 0.2) is 78.9 Å². The lowest BCUT2D eigenvalue weighted by atomic mass is 9.98. The SMILES string of the molecule is CCOC(=O)CC1CCc2cc(O[Si](c3ccccc3)(c3ccccc3)C(C)(C)C)ccc21. The summed E-state index contributed by atoms with van der Waals surface area (Å²) in [5.41, 5.74) is 2.55. The van der Waals surface area contributed by atoms with Gasteiger partial charge in [-0.1, -0.05) is 87.5 Å². The minimum Gasteiger partial charge on any atom is -0.534 e. The van der Waals surface area contributed by atoms with Crippen LogP contribution in [-0.4, -0.2) is 20.9 Å². The first-order chi connectivity index (χ1) is 15.8. The van der Waals surface area contributed by atoms with Crippen LogP contribution in [-0.2, 0) is 16.0 Å². The standard InChI is InChI=1S/C29H34O3Si/c1-5-31-28(30)21-23-17-16-22-20-24(18-19-27(22)23)32-33(29(2,3)4,25-12-8-6-9-13-25)26-14-10-7-11-15-26/h6-15,18-20,23H,5,16-17,21H2,1-4H3. The maximum atomic E-state index is 12.0. The zero-order valence-electron chi connectivity index (χ0n) is 20.1. The Balaban J connectivity index is 1.73. The fourth-order valence-electron chi connectivity index (χ4n) is 5.20. The molecule has 0 N–H and O–H groups in total. The Morgan fingerprint density at radius 3 is 2.09 bits per heavy atom. The van der Waals surface area contributed by atoms with E-state index in [-0.39, 0.29) is 16.9 Å². The maximum Gasteiger partial charge on any atom is 0.319 e. The van der Waals surface area contributed by atoms with E-state index in [1.807, 2.05) is 6.92 Å². The van der Waals surface area contributed by atoms with E-state index in [0.717, 1.165) is 18.6 Å². The maximum absolute atomic E-state index is 12.0. The molecule has 0 aromatic heterocycles. The molecule has 0 bridgehead atoms. The molecule has 1 unspecified atom stereocenters. The Kier molecular flexibility index (Phi) is 6.75. The lowest BCUT2D eigenvalue weighted by molar-refractivity contribution is -0.143. The van der Waals surface area contributed by atoms with Crippen LogP contribution < -0.4 is 14.8 Å². The Bertz CT molecular complexity index is 1050. The molecule has 3 aromatic carbocycles. The molecule has 0 amide bonds. The van der Waals surface area contributed by atoms with Crippen molar-refractivity contribution in [2.24, 2.45) is 0 Å². The lowest BCUT2D eigenvalue weighted by Crippen LogP contribution is -2.68. The van der Waals surface area contributed by atoms with Crippen LogP contribution >= 0.6 is 0 Å². The predicted molar refractivity (Wildman–Crippen MR) is 137 cm³/mol. The van der Waals surface area contributed by atoms with Crippen molar-refractivity contribution in [1.82, 2.24) is 0 Å². The summed E-state index contributed by atoms with van der Waals surface area (Å²) in [5, 5.41) is 2.45. The molecule has 4 heteroatoms. The second-order valence-electron chi connectivity index (χ2n) is 9.87. The summed E-state index contributed by atoms with van der Waals surface area (Å²) in [6.07, 6.45) is 2.41. The highest BCUT2D eigenvalue weighted by molar-refractivity contribution is 7.00. The van der Waals surface area contributed by atoms with E-state index in [2.05, 4.69) is 99.6 Å². The van der Waals surface area contributed by atoms with Gasteiger partial charge in [0.1, 0.15) is 5.75 Å². The Hall–Kier alpha value is -2.85. The van der Waals surface area contributed by atoms with E-state index in [0.29, 0.717) is 13.0 Å². The lowest BCUT2D eigenvalue weighted by Gasteiger charge is -2.43. The average Bonchev–Trinajstić information content (AvgIpc) is 3.19. The number of hydrogen-bond acceptors (Lipinski definition) is 3. The van der Waals surface area contributed by atoms with E-state index in [1.165, 1.54) is 21.5 Å². The molecule has 0 saturated carbocycles. The van der Waals surface area contributed by atoms with Crippen LogP contribution in [0.5, 0.6) is 5.75 Å². The van der Waals surface area contributed by atoms with Gasteiger partial charge in [-0.2, -0.15) is 0 Å². The fraction of sp³-hybridized carbons (Fsp3) is 0.345. The Labute approximate surface area is 198 Å². The van der Waals surface area contributed by atoms with Gasteiger partial charge in [-0.25, -0.2) is 0 Å². The van der Waals surface area contributed by atoms with Gasteiger partial charge in [0.25, 0.3) is 0 Å². The van der Waals surface area contributed by atoms with Crippen molar-refractivity contribution in [3.63, 3.8) is 0 Å². The number of hydrogen-bond donors (Lipinski definition) is 0. The van der Waals surface area contributed by atoms with Gasteiger partial charge < -0.3 is 9.16 Å². The third-order valence-corrected chi connectivity index (χ3v) is 11.7. The molecule has 3 nitrogen and oxygen atoms in total. The predicted octanol–water partition coefficient (Wildman–Crippen LogP) is 5.61. The molecule has 1 atom stereocenters. The molecular formula is C29H34O3Si. The number of ether oxygens (including phenoxy) is 1. The van der Waals surface area contributed by atoms with Gasteiger partial charge in [0, 0.05) is 0 Å². The highest BCUT2D eigenvalue weighted by Gasteiger charge is 2.52. The van der Waals surface area contributed by atoms with Crippen LogP contribution in [0.1, 0.15) is 57.6 Å². The van der Waals surface area contributed by atoms with Gasteiger partial charge in [-0.15, -0.1) is 0 Å². The molecular weight excluding hydrogens is 424 g/mol. The second-order valence-corrected chi connectivity index (χ2v) is 14.1. The van der Waals surface area contributed by atoms with Crippen molar-refractivity contribution in [1.29, 1.82) is 0 Å². The molecule has 33 heavy (non-hydrogen) atoms. The summed E-state index contributed by atoms with van der Waals surface area (Å²) in [4.78, 5) is 12.0. The van der Waals surface area contributed by atoms with E-state index >= 15 is 0 Å². The Morgan fingerprint density at radius 1 is 0.939 bits per heavy atom. The van der Waals surface area contributed by atoms with E-state index in [1.54, 1.807) is 0 Å². The summed E-state index contributed by atoms with van der Waals surface area (Å²) in [6.45, 7) is 9.17. The van der Waals surface area contributed by atoms with Crippen LogP contribution in [0.4, 0.5) is 0 Å². The van der Waals surface area contributed by atoms with Crippen molar-refractivity contribution in [2.75, 3.05) is 6.61 Å². The number of benzene rings is 3. The third kappa shape index (κ3) is 4.63. The largest absolute Gasteiger partial charge is 0.534 e. The molecule has 1 aliphatic rings. The molecule has 172 valence electrons. The van der Waals surface area contributed by atoms with Crippen LogP contribution in [0.3, 0.4) is 0 Å². The van der Waals surface area contributed by atoms with E-state index in [9.17, 15) is 4.79 Å². The quantitative estimate of drug-likeness (QED) is 0.341. The van der Waals surface area contributed by atoms with Crippen molar-refractivity contribution in [3.05, 3.63) is 90.0 Å². The normalized spacial score (nSPS) is 15.7. The highest BCUT2D eigenvalue weighted by Crippen LogP contribution is 2.41. The number of fused-ring (bicyclic) bond motifs is 1. The number of aryl methyl sites for hydroxylation is 1. The van der Waals surface area contributed by atoms with Crippen molar-refractivity contribution < 1.29 is 14.0 Å². The second kappa shape index (κ2) is 9.56. The minimum atomic E-state index is -2.65. The zero-order valence-corrected chi connectivity index (χ0v) is 21.1. The van der Waals surface area contributed by atoms with Gasteiger partial charge in [0.2, 0.25) is 0 Å². The number of carbonyl (C=O) groups is 1. The fourth-order valence-corrected chi connectivity index (χ4v) is 9.62. The molecule has 0 radical (unpaired) electrons. The van der Waals surface area contributed by atoms with E-state index < -0.39 is 8.32 Å². The number of carbonyl (C=O) groups excluding carboxylic acids is 1. The van der Waals surface area contributed by atoms with Gasteiger partial charge >= 0.3 is 14.3 Å². The molecule has 0 aliphatic heterocycles. The molecule has 0 spiro atoms. The molecule has 0 fully saturated rings. The van der Waals surface area contributed by atoms with Crippen molar-refractivity contribution in [3.8, 4) is 5.75 Å². The first kappa shape index (κ1) is 23.3. The van der Waals surface area contributed by atoms with Crippen LogP contribution in [0.2, 0.25) is 5.04 Å². The van der Waals surface area contributed by atoms with Crippen molar-refractivity contribution >= 4 is 24.7 Å². The topological polar surface area (TPSA) is 35.5 Å². The summed E-state index contributed by atoms with van der Waals surface area (Å²) >= 11 is 0. The van der Waals surface area contributed by atoms with Crippen molar-refractivity contribution in [2.45, 2.75) is 57.9 Å². The zero-order chi connectivity index (χ0) is 23.5. The van der Waals surface area contributed by atoms with E-state index in [4.69, 9.17) is 9.16 Å². The van der Waals surface area contributed by atoms with Gasteiger partial charge in [-0.3, -0.25) is 4.79 Å². The first-order valence-electron chi connectivity index (χ1n) is 11.9. The Morgan fingerprint density at radius 2 is 1.55 bits per heavy atom. The monoisotopic (exact) mass is 458 g/mol. The molecule has 0 heterocycles. The molecule has 4 rings (SSSR count). The highest BCUT2D eigenvalue weighted by atomic mass is 28.4. The summed E-state index contributed by atoms with van der Waals surface area (Å²) < 4.78 is 12.4. The summed E-state index contributed by atoms with van der Waals surface area (Å²) in [5.74, 6) is 1.05. The average molecular weight is 459 g/mol. The smallest absolute Gasteiger partial charge is 0.319 e. The third-order valence-electron chi connectivity index (χ3n) is 6.72. The van der Waals surface area contributed by atoms with Gasteiger partial charge in [0.05, 0.1) is 13.0 Å². The van der Waals surface area contributed by atoms with Gasteiger partial charge in [0.15, 0.2) is 0 Å². The number of rotatable bonds is 7. The molecule has 3 aromatic rings. The van der Waals surface area contributed by atoms with Gasteiger partial charge in [-0.05, 0) is 64.4 Å². The molecule has 0 saturated heterocycles. The number of esters is 1. The summed E-state index contributed by atoms with van der Waals surface area (Å²) in [6, 6.07) is 27.9. The van der Waals surface area contributed by atoms with Crippen LogP contribution in [0, 0.1) is 0 Å². The minimum absolute atomic E-state index is 0.0822. The first-order valence-corrected chi connectivity index (χ1v) is 13.8. The molecule has 1 aliphatic carbocycles. The van der Waals surface area contributed by atoms with Crippen LogP contribution in [0.25, 0.3) is 0 Å².